The molecule has 0 fully saturated rings. The second-order valence-corrected chi connectivity index (χ2v) is 6.83. The molecule has 2 aromatic carbocycles. The predicted octanol–water partition coefficient (Wildman–Crippen LogP) is 2.73. The molecule has 0 saturated heterocycles. The number of hydrazone groups is 1. The Labute approximate surface area is 193 Å². The molecule has 2 heterocycles. The standard InChI is InChI=1S/C20H14F4N8O3/c21-13-5-7-14(8-6-13)34-10-15-16(27-31-32(15)18-17(25)29-35-30-18)19(33)28-26-9-11-1-3-12(4-2-11)20(22,23)24/h1-9H,10H2,(H2,25,29)(H,28,33)/b26-9+. The Morgan fingerprint density at radius 2 is 1.86 bits per heavy atom. The maximum absolute atomic E-state index is 13.1. The van der Waals surface area contributed by atoms with Gasteiger partial charge in [-0.1, -0.05) is 17.3 Å². The van der Waals surface area contributed by atoms with E-state index >= 15 is 0 Å². The number of amides is 1. The Balaban J connectivity index is 1.53. The summed E-state index contributed by atoms with van der Waals surface area (Å²) in [5.74, 6) is -1.17. The number of rotatable bonds is 7. The quantitative estimate of drug-likeness (QED) is 0.228. The van der Waals surface area contributed by atoms with Gasteiger partial charge in [0, 0.05) is 0 Å². The van der Waals surface area contributed by atoms with Crippen LogP contribution >= 0.6 is 0 Å². The molecule has 0 saturated carbocycles. The monoisotopic (exact) mass is 490 g/mol. The van der Waals surface area contributed by atoms with Gasteiger partial charge in [-0.3, -0.25) is 4.79 Å². The highest BCUT2D eigenvalue weighted by molar-refractivity contribution is 5.94. The molecule has 35 heavy (non-hydrogen) atoms. The highest BCUT2D eigenvalue weighted by atomic mass is 19.4. The molecule has 0 unspecified atom stereocenters. The molecule has 0 radical (unpaired) electrons. The van der Waals surface area contributed by atoms with Crippen molar-refractivity contribution in [1.82, 2.24) is 30.7 Å². The highest BCUT2D eigenvalue weighted by Gasteiger charge is 2.30. The molecule has 4 rings (SSSR count). The summed E-state index contributed by atoms with van der Waals surface area (Å²) in [5, 5.41) is 18.4. The minimum absolute atomic E-state index is 0.0532. The number of hydrogen-bond donors (Lipinski definition) is 2. The zero-order valence-electron chi connectivity index (χ0n) is 17.4. The van der Waals surface area contributed by atoms with Crippen LogP contribution in [0.3, 0.4) is 0 Å². The van der Waals surface area contributed by atoms with Crippen molar-refractivity contribution in [2.24, 2.45) is 5.10 Å². The van der Waals surface area contributed by atoms with Crippen LogP contribution in [-0.4, -0.2) is 37.4 Å². The van der Waals surface area contributed by atoms with Gasteiger partial charge < -0.3 is 10.5 Å². The van der Waals surface area contributed by atoms with Crippen molar-refractivity contribution in [3.63, 3.8) is 0 Å². The van der Waals surface area contributed by atoms with Crippen LogP contribution in [0.2, 0.25) is 0 Å². The molecular formula is C20H14F4N8O3. The van der Waals surface area contributed by atoms with Crippen LogP contribution in [0, 0.1) is 5.82 Å². The zero-order chi connectivity index (χ0) is 25.0. The lowest BCUT2D eigenvalue weighted by Gasteiger charge is -2.08. The molecule has 15 heteroatoms. The molecular weight excluding hydrogens is 476 g/mol. The van der Waals surface area contributed by atoms with Crippen LogP contribution in [0.5, 0.6) is 5.75 Å². The fourth-order valence-electron chi connectivity index (χ4n) is 2.77. The van der Waals surface area contributed by atoms with Gasteiger partial charge in [0.2, 0.25) is 11.6 Å². The third-order valence-corrected chi connectivity index (χ3v) is 4.48. The molecule has 0 bridgehead atoms. The molecule has 4 aromatic rings. The van der Waals surface area contributed by atoms with E-state index in [2.05, 4.69) is 35.8 Å². The van der Waals surface area contributed by atoms with E-state index in [4.69, 9.17) is 10.5 Å². The van der Waals surface area contributed by atoms with E-state index in [-0.39, 0.29) is 35.4 Å². The first kappa shape index (κ1) is 23.3. The predicted molar refractivity (Wildman–Crippen MR) is 111 cm³/mol. The van der Waals surface area contributed by atoms with Crippen LogP contribution < -0.4 is 15.9 Å². The average molecular weight is 490 g/mol. The third kappa shape index (κ3) is 5.40. The molecule has 11 nitrogen and oxygen atoms in total. The van der Waals surface area contributed by atoms with E-state index in [1.807, 2.05) is 0 Å². The summed E-state index contributed by atoms with van der Waals surface area (Å²) in [6.45, 7) is -0.268. The number of hydrogen-bond acceptors (Lipinski definition) is 9. The Kier molecular flexibility index (Phi) is 6.39. The van der Waals surface area contributed by atoms with Gasteiger partial charge in [-0.15, -0.1) is 5.10 Å². The first-order valence-corrected chi connectivity index (χ1v) is 9.64. The van der Waals surface area contributed by atoms with Gasteiger partial charge in [0.15, 0.2) is 5.69 Å². The fourth-order valence-corrected chi connectivity index (χ4v) is 2.77. The van der Waals surface area contributed by atoms with Crippen molar-refractivity contribution in [2.75, 3.05) is 5.73 Å². The molecule has 0 aliphatic rings. The molecule has 0 atom stereocenters. The Morgan fingerprint density at radius 3 is 2.49 bits per heavy atom. The number of nitrogen functional groups attached to an aromatic ring is 1. The minimum Gasteiger partial charge on any atom is -0.487 e. The Hall–Kier alpha value is -4.82. The minimum atomic E-state index is -4.47. The van der Waals surface area contributed by atoms with Gasteiger partial charge in [0.25, 0.3) is 5.91 Å². The number of nitrogens with one attached hydrogen (secondary N) is 1. The summed E-state index contributed by atoms with van der Waals surface area (Å²) < 4.78 is 62.4. The SMILES string of the molecule is Nc1nonc1-n1nnc(C(=O)N/N=C/c2ccc(C(F)(F)F)cc2)c1COc1ccc(F)cc1. The van der Waals surface area contributed by atoms with E-state index in [0.717, 1.165) is 23.0 Å². The Bertz CT molecular complexity index is 1350. The van der Waals surface area contributed by atoms with Crippen molar-refractivity contribution < 1.29 is 31.7 Å². The first-order chi connectivity index (χ1) is 16.7. The number of carbonyl (C=O) groups is 1. The van der Waals surface area contributed by atoms with Crippen molar-refractivity contribution in [3.05, 3.63) is 76.9 Å². The molecule has 1 amide bonds. The number of nitrogens with two attached hydrogens (primary N) is 1. The molecule has 0 aliphatic carbocycles. The molecule has 0 aliphatic heterocycles. The molecule has 180 valence electrons. The largest absolute Gasteiger partial charge is 0.487 e. The first-order valence-electron chi connectivity index (χ1n) is 9.64. The van der Waals surface area contributed by atoms with Crippen molar-refractivity contribution in [2.45, 2.75) is 12.8 Å². The van der Waals surface area contributed by atoms with Gasteiger partial charge in [0.1, 0.15) is 23.9 Å². The van der Waals surface area contributed by atoms with Crippen molar-refractivity contribution >= 4 is 17.9 Å². The average Bonchev–Trinajstić information content (AvgIpc) is 3.44. The summed E-state index contributed by atoms with van der Waals surface area (Å²) in [6.07, 6.45) is -3.32. The van der Waals surface area contributed by atoms with Crippen molar-refractivity contribution in [3.8, 4) is 11.6 Å². The summed E-state index contributed by atoms with van der Waals surface area (Å²) in [5.41, 5.74) is 7.26. The highest BCUT2D eigenvalue weighted by Crippen LogP contribution is 2.28. The van der Waals surface area contributed by atoms with Gasteiger partial charge in [-0.2, -0.15) is 23.0 Å². The topological polar surface area (TPSA) is 146 Å². The maximum Gasteiger partial charge on any atom is 0.416 e. The van der Waals surface area contributed by atoms with Gasteiger partial charge >= 0.3 is 6.18 Å². The second kappa shape index (κ2) is 9.58. The van der Waals surface area contributed by atoms with Crippen LogP contribution in [0.25, 0.3) is 5.82 Å². The normalized spacial score (nSPS) is 11.7. The summed E-state index contributed by atoms with van der Waals surface area (Å²) in [7, 11) is 0. The van der Waals surface area contributed by atoms with Crippen LogP contribution in [0.1, 0.15) is 27.3 Å². The number of benzene rings is 2. The lowest BCUT2D eigenvalue weighted by molar-refractivity contribution is -0.137. The van der Waals surface area contributed by atoms with E-state index in [1.165, 1.54) is 36.4 Å². The number of aromatic nitrogens is 5. The third-order valence-electron chi connectivity index (χ3n) is 4.48. The molecule has 0 spiro atoms. The molecule has 3 N–H and O–H groups in total. The number of halogens is 4. The van der Waals surface area contributed by atoms with Gasteiger partial charge in [-0.05, 0) is 52.3 Å². The number of anilines is 1. The Morgan fingerprint density at radius 1 is 1.14 bits per heavy atom. The lowest BCUT2D eigenvalue weighted by Crippen LogP contribution is -2.21. The number of ether oxygens (including phenoxy) is 1. The van der Waals surface area contributed by atoms with E-state index < -0.39 is 23.5 Å². The number of nitrogens with zero attached hydrogens (tertiary/aromatic N) is 6. The summed E-state index contributed by atoms with van der Waals surface area (Å²) in [4.78, 5) is 12.7. The second-order valence-electron chi connectivity index (χ2n) is 6.83. The van der Waals surface area contributed by atoms with Crippen LogP contribution in [0.4, 0.5) is 23.4 Å². The van der Waals surface area contributed by atoms with Crippen molar-refractivity contribution in [1.29, 1.82) is 0 Å². The van der Waals surface area contributed by atoms with Gasteiger partial charge in [0.05, 0.1) is 11.8 Å². The van der Waals surface area contributed by atoms with E-state index in [9.17, 15) is 22.4 Å². The van der Waals surface area contributed by atoms with Crippen LogP contribution in [-0.2, 0) is 12.8 Å². The number of carbonyl (C=O) groups excluding carboxylic acids is 1. The fraction of sp³-hybridized carbons (Fsp3) is 0.100. The van der Waals surface area contributed by atoms with E-state index in [1.54, 1.807) is 0 Å². The van der Waals surface area contributed by atoms with Crippen LogP contribution in [0.15, 0.2) is 58.3 Å². The summed E-state index contributed by atoms with van der Waals surface area (Å²) in [6, 6.07) is 9.29. The zero-order valence-corrected chi connectivity index (χ0v) is 17.4. The molecule has 2 aromatic heterocycles. The summed E-state index contributed by atoms with van der Waals surface area (Å²) >= 11 is 0. The smallest absolute Gasteiger partial charge is 0.416 e. The van der Waals surface area contributed by atoms with Gasteiger partial charge in [-0.25, -0.2) is 14.4 Å². The number of alkyl halides is 3. The lowest BCUT2D eigenvalue weighted by atomic mass is 10.1. The maximum atomic E-state index is 13.1. The van der Waals surface area contributed by atoms with E-state index in [0.29, 0.717) is 5.56 Å².